The summed E-state index contributed by atoms with van der Waals surface area (Å²) in [6, 6.07) is 11.5. The van der Waals surface area contributed by atoms with Crippen molar-refractivity contribution in [2.75, 3.05) is 6.61 Å². The molecule has 0 spiro atoms. The number of nitrogens with zero attached hydrogens (tertiary/aromatic N) is 2. The van der Waals surface area contributed by atoms with E-state index in [-0.39, 0.29) is 18.7 Å². The number of carbonyl (C=O) groups excluding carboxylic acids is 2. The smallest absolute Gasteiger partial charge is 0.326 e. The normalized spacial score (nSPS) is 11.8. The fourth-order valence-electron chi connectivity index (χ4n) is 3.00. The van der Waals surface area contributed by atoms with Gasteiger partial charge in [0, 0.05) is 5.56 Å². The predicted molar refractivity (Wildman–Crippen MR) is 111 cm³/mol. The number of rotatable bonds is 7. The molecule has 29 heavy (non-hydrogen) atoms. The van der Waals surface area contributed by atoms with Gasteiger partial charge in [-0.15, -0.1) is 0 Å². The molecule has 0 N–H and O–H groups in total. The number of unbranched alkanes of at least 4 members (excludes halogenated alkanes) is 1. The fourth-order valence-corrected chi connectivity index (χ4v) is 4.09. The molecule has 1 amide bonds. The minimum Gasteiger partial charge on any atom is -0.465 e. The third kappa shape index (κ3) is 5.17. The highest BCUT2D eigenvalue weighted by Gasteiger charge is 2.13. The number of esters is 1. The minimum atomic E-state index is -0.556. The van der Waals surface area contributed by atoms with Gasteiger partial charge >= 0.3 is 5.97 Å². The van der Waals surface area contributed by atoms with Gasteiger partial charge in [0.25, 0.3) is 5.91 Å². The van der Waals surface area contributed by atoms with Crippen LogP contribution < -0.4 is 4.80 Å². The summed E-state index contributed by atoms with van der Waals surface area (Å²) in [5.41, 5.74) is 2.18. The van der Waals surface area contributed by atoms with Crippen LogP contribution in [0, 0.1) is 5.82 Å². The highest BCUT2D eigenvalue weighted by Crippen LogP contribution is 2.21. The number of aryl methyl sites for hydroxylation is 1. The van der Waals surface area contributed by atoms with Crippen molar-refractivity contribution in [3.8, 4) is 0 Å². The Labute approximate surface area is 172 Å². The van der Waals surface area contributed by atoms with Gasteiger partial charge in [-0.1, -0.05) is 36.8 Å². The van der Waals surface area contributed by atoms with Crippen LogP contribution in [0.4, 0.5) is 4.39 Å². The molecule has 0 atom stereocenters. The topological polar surface area (TPSA) is 60.7 Å². The van der Waals surface area contributed by atoms with Crippen LogP contribution in [0.2, 0.25) is 0 Å². The maximum absolute atomic E-state index is 13.5. The fraction of sp³-hybridized carbons (Fsp3) is 0.318. The van der Waals surface area contributed by atoms with E-state index >= 15 is 0 Å². The molecule has 0 aliphatic rings. The lowest BCUT2D eigenvalue weighted by molar-refractivity contribution is -0.143. The number of amides is 1. The van der Waals surface area contributed by atoms with Crippen LogP contribution in [0.5, 0.6) is 0 Å². The minimum absolute atomic E-state index is 0.0442. The van der Waals surface area contributed by atoms with Crippen LogP contribution >= 0.6 is 11.3 Å². The molecule has 5 nitrogen and oxygen atoms in total. The first kappa shape index (κ1) is 20.9. The van der Waals surface area contributed by atoms with Crippen molar-refractivity contribution in [2.45, 2.75) is 39.7 Å². The lowest BCUT2D eigenvalue weighted by Crippen LogP contribution is -2.23. The lowest BCUT2D eigenvalue weighted by Gasteiger charge is -2.06. The first-order valence-corrected chi connectivity index (χ1v) is 10.5. The standard InChI is InChI=1S/C22H23FN2O3S/c1-3-5-7-15-10-11-18-19(12-15)29-22(25(18)14-20(26)28-4-2)24-21(27)16-8-6-9-17(23)13-16/h6,8-13H,3-5,7,14H2,1-2H3. The van der Waals surface area contributed by atoms with Crippen LogP contribution in [0.3, 0.4) is 0 Å². The summed E-state index contributed by atoms with van der Waals surface area (Å²) in [6.45, 7) is 4.12. The largest absolute Gasteiger partial charge is 0.465 e. The number of hydrogen-bond donors (Lipinski definition) is 0. The van der Waals surface area contributed by atoms with Crippen molar-refractivity contribution >= 4 is 33.4 Å². The van der Waals surface area contributed by atoms with E-state index in [2.05, 4.69) is 18.0 Å². The molecule has 0 saturated carbocycles. The average Bonchev–Trinajstić information content (AvgIpc) is 3.02. The molecular weight excluding hydrogens is 391 g/mol. The number of hydrogen-bond acceptors (Lipinski definition) is 4. The van der Waals surface area contributed by atoms with Gasteiger partial charge in [0.1, 0.15) is 12.4 Å². The van der Waals surface area contributed by atoms with E-state index in [1.807, 2.05) is 12.1 Å². The molecule has 0 aliphatic carbocycles. The van der Waals surface area contributed by atoms with Gasteiger partial charge in [0.05, 0.1) is 16.8 Å². The van der Waals surface area contributed by atoms with Crippen molar-refractivity contribution in [1.29, 1.82) is 0 Å². The van der Waals surface area contributed by atoms with Gasteiger partial charge in [-0.25, -0.2) is 4.39 Å². The third-order valence-electron chi connectivity index (χ3n) is 4.43. The van der Waals surface area contributed by atoms with Crippen LogP contribution in [0.25, 0.3) is 10.2 Å². The summed E-state index contributed by atoms with van der Waals surface area (Å²) in [5.74, 6) is -1.45. The van der Waals surface area contributed by atoms with Crippen molar-refractivity contribution in [2.24, 2.45) is 4.99 Å². The van der Waals surface area contributed by atoms with Gasteiger partial charge < -0.3 is 9.30 Å². The summed E-state index contributed by atoms with van der Waals surface area (Å²) in [4.78, 5) is 29.2. The second-order valence-corrected chi connectivity index (χ2v) is 7.62. The highest BCUT2D eigenvalue weighted by atomic mass is 32.1. The van der Waals surface area contributed by atoms with Gasteiger partial charge in [-0.2, -0.15) is 4.99 Å². The first-order valence-electron chi connectivity index (χ1n) is 9.64. The number of halogens is 1. The number of carbonyl (C=O) groups is 2. The van der Waals surface area contributed by atoms with E-state index in [0.717, 1.165) is 35.5 Å². The molecule has 0 bridgehead atoms. The Morgan fingerprint density at radius 2 is 2.00 bits per heavy atom. The van der Waals surface area contributed by atoms with E-state index in [0.29, 0.717) is 4.80 Å². The number of thiazole rings is 1. The summed E-state index contributed by atoms with van der Waals surface area (Å²) in [7, 11) is 0. The molecule has 0 radical (unpaired) electrons. The molecule has 3 aromatic rings. The maximum Gasteiger partial charge on any atom is 0.326 e. The molecule has 0 unspecified atom stereocenters. The summed E-state index contributed by atoms with van der Waals surface area (Å²) in [6.07, 6.45) is 3.17. The number of ether oxygens (including phenoxy) is 1. The Balaban J connectivity index is 2.07. The van der Waals surface area contributed by atoms with Crippen molar-refractivity contribution < 1.29 is 18.7 Å². The Morgan fingerprint density at radius 1 is 1.17 bits per heavy atom. The summed E-state index contributed by atoms with van der Waals surface area (Å²) < 4.78 is 21.1. The molecule has 0 aliphatic heterocycles. The zero-order valence-electron chi connectivity index (χ0n) is 16.5. The summed E-state index contributed by atoms with van der Waals surface area (Å²) in [5, 5.41) is 0. The SMILES string of the molecule is CCCCc1ccc2c(c1)sc(=NC(=O)c1cccc(F)c1)n2CC(=O)OCC. The highest BCUT2D eigenvalue weighted by molar-refractivity contribution is 7.16. The first-order chi connectivity index (χ1) is 14.0. The van der Waals surface area contributed by atoms with E-state index in [1.165, 1.54) is 35.1 Å². The monoisotopic (exact) mass is 414 g/mol. The molecular formula is C22H23FN2O3S. The lowest BCUT2D eigenvalue weighted by atomic mass is 10.1. The zero-order chi connectivity index (χ0) is 20.8. The van der Waals surface area contributed by atoms with E-state index in [9.17, 15) is 14.0 Å². The summed E-state index contributed by atoms with van der Waals surface area (Å²) >= 11 is 1.33. The van der Waals surface area contributed by atoms with Crippen LogP contribution in [0.15, 0.2) is 47.5 Å². The van der Waals surface area contributed by atoms with Gasteiger partial charge in [-0.3, -0.25) is 9.59 Å². The Bertz CT molecular complexity index is 1100. The van der Waals surface area contributed by atoms with Crippen LogP contribution in [0.1, 0.15) is 42.6 Å². The van der Waals surface area contributed by atoms with Gasteiger partial charge in [-0.05, 0) is 55.7 Å². The van der Waals surface area contributed by atoms with Crippen LogP contribution in [-0.2, 0) is 22.5 Å². The molecule has 0 saturated heterocycles. The average molecular weight is 415 g/mol. The maximum atomic E-state index is 13.5. The Hall–Kier alpha value is -2.80. The number of fused-ring (bicyclic) bond motifs is 1. The van der Waals surface area contributed by atoms with Gasteiger partial charge in [0.2, 0.25) is 0 Å². The van der Waals surface area contributed by atoms with Crippen molar-refractivity contribution in [3.63, 3.8) is 0 Å². The van der Waals surface area contributed by atoms with E-state index in [1.54, 1.807) is 11.5 Å². The number of benzene rings is 2. The number of aromatic nitrogens is 1. The second-order valence-electron chi connectivity index (χ2n) is 6.61. The molecule has 152 valence electrons. The second kappa shape index (κ2) is 9.60. The molecule has 1 aromatic heterocycles. The third-order valence-corrected chi connectivity index (χ3v) is 5.47. The van der Waals surface area contributed by atoms with Crippen LogP contribution in [-0.4, -0.2) is 23.1 Å². The van der Waals surface area contributed by atoms with Gasteiger partial charge in [0.15, 0.2) is 4.80 Å². The molecule has 3 rings (SSSR count). The van der Waals surface area contributed by atoms with E-state index in [4.69, 9.17) is 4.74 Å². The molecule has 7 heteroatoms. The van der Waals surface area contributed by atoms with Crippen molar-refractivity contribution in [3.05, 3.63) is 64.2 Å². The predicted octanol–water partition coefficient (Wildman–Crippen LogP) is 4.49. The molecule has 1 heterocycles. The molecule has 2 aromatic carbocycles. The quantitative estimate of drug-likeness (QED) is 0.535. The Kier molecular flexibility index (Phi) is 6.93. The Morgan fingerprint density at radius 3 is 2.72 bits per heavy atom. The van der Waals surface area contributed by atoms with Crippen molar-refractivity contribution in [1.82, 2.24) is 4.57 Å². The molecule has 0 fully saturated rings. The van der Waals surface area contributed by atoms with E-state index < -0.39 is 17.7 Å². The zero-order valence-corrected chi connectivity index (χ0v) is 17.3.